The largest absolute Gasteiger partial charge is 0.573 e. The molecule has 0 atom stereocenters. The first-order chi connectivity index (χ1) is 10.3. The van der Waals surface area contributed by atoms with E-state index in [-0.39, 0.29) is 16.7 Å². The van der Waals surface area contributed by atoms with Crippen LogP contribution in [0.3, 0.4) is 0 Å². The SMILES string of the molecule is COc1ccc(C(=O)O)c(-c2ccccc2OC(F)(F)F)c1. The smallest absolute Gasteiger partial charge is 0.497 e. The minimum Gasteiger partial charge on any atom is -0.497 e. The Morgan fingerprint density at radius 3 is 2.36 bits per heavy atom. The Hall–Kier alpha value is -2.70. The first-order valence-electron chi connectivity index (χ1n) is 6.08. The maximum absolute atomic E-state index is 12.5. The summed E-state index contributed by atoms with van der Waals surface area (Å²) in [6.07, 6.45) is -4.88. The lowest BCUT2D eigenvalue weighted by atomic mass is 9.98. The molecule has 2 aromatic carbocycles. The molecule has 7 heteroatoms. The molecule has 116 valence electrons. The Balaban J connectivity index is 2.63. The summed E-state index contributed by atoms with van der Waals surface area (Å²) in [7, 11) is 1.37. The summed E-state index contributed by atoms with van der Waals surface area (Å²) in [5.74, 6) is -1.42. The van der Waals surface area contributed by atoms with Crippen LogP contribution in [0.5, 0.6) is 11.5 Å². The third kappa shape index (κ3) is 3.49. The second kappa shape index (κ2) is 5.97. The highest BCUT2D eigenvalue weighted by molar-refractivity contribution is 5.97. The summed E-state index contributed by atoms with van der Waals surface area (Å²) >= 11 is 0. The number of carboxylic acid groups (broad SMARTS) is 1. The number of hydrogen-bond acceptors (Lipinski definition) is 3. The number of ether oxygens (including phenoxy) is 2. The molecule has 0 aliphatic heterocycles. The van der Waals surface area contributed by atoms with E-state index in [0.29, 0.717) is 5.75 Å². The van der Waals surface area contributed by atoms with Gasteiger partial charge in [-0.05, 0) is 24.3 Å². The molecule has 0 saturated carbocycles. The molecule has 0 unspecified atom stereocenters. The minimum atomic E-state index is -4.88. The highest BCUT2D eigenvalue weighted by Crippen LogP contribution is 2.37. The quantitative estimate of drug-likeness (QED) is 0.928. The molecule has 2 rings (SSSR count). The van der Waals surface area contributed by atoms with Crippen LogP contribution in [0.2, 0.25) is 0 Å². The summed E-state index contributed by atoms with van der Waals surface area (Å²) in [6, 6.07) is 9.36. The van der Waals surface area contributed by atoms with Crippen molar-refractivity contribution in [3.63, 3.8) is 0 Å². The number of carboxylic acids is 1. The van der Waals surface area contributed by atoms with Crippen molar-refractivity contribution >= 4 is 5.97 Å². The number of para-hydroxylation sites is 1. The van der Waals surface area contributed by atoms with Crippen LogP contribution in [0.1, 0.15) is 10.4 Å². The van der Waals surface area contributed by atoms with Gasteiger partial charge in [-0.25, -0.2) is 4.79 Å². The van der Waals surface area contributed by atoms with Crippen LogP contribution in [-0.2, 0) is 0 Å². The van der Waals surface area contributed by atoms with Gasteiger partial charge in [-0.2, -0.15) is 0 Å². The molecule has 0 aliphatic carbocycles. The highest BCUT2D eigenvalue weighted by atomic mass is 19.4. The Morgan fingerprint density at radius 1 is 1.09 bits per heavy atom. The topological polar surface area (TPSA) is 55.8 Å². The van der Waals surface area contributed by atoms with E-state index in [1.165, 1.54) is 43.5 Å². The lowest BCUT2D eigenvalue weighted by Crippen LogP contribution is -2.17. The van der Waals surface area contributed by atoms with Gasteiger partial charge in [-0.3, -0.25) is 0 Å². The van der Waals surface area contributed by atoms with Crippen molar-refractivity contribution < 1.29 is 32.5 Å². The monoisotopic (exact) mass is 312 g/mol. The number of aromatic carboxylic acids is 1. The molecule has 22 heavy (non-hydrogen) atoms. The van der Waals surface area contributed by atoms with Gasteiger partial charge in [0.15, 0.2) is 0 Å². The van der Waals surface area contributed by atoms with Crippen molar-refractivity contribution in [1.82, 2.24) is 0 Å². The van der Waals surface area contributed by atoms with Crippen LogP contribution >= 0.6 is 0 Å². The standard InChI is InChI=1S/C15H11F3O4/c1-21-9-6-7-11(14(19)20)12(8-9)10-4-2-3-5-13(10)22-15(16,17)18/h2-8H,1H3,(H,19,20). The third-order valence-corrected chi connectivity index (χ3v) is 2.86. The van der Waals surface area contributed by atoms with E-state index in [0.717, 1.165) is 6.07 Å². The summed E-state index contributed by atoms with van der Waals surface area (Å²) in [5.41, 5.74) is -0.0677. The molecule has 0 heterocycles. The van der Waals surface area contributed by atoms with Gasteiger partial charge in [-0.1, -0.05) is 18.2 Å². The van der Waals surface area contributed by atoms with Gasteiger partial charge in [0.25, 0.3) is 0 Å². The predicted molar refractivity (Wildman–Crippen MR) is 72.1 cm³/mol. The van der Waals surface area contributed by atoms with Crippen LogP contribution in [0.25, 0.3) is 11.1 Å². The van der Waals surface area contributed by atoms with Crippen LogP contribution in [0, 0.1) is 0 Å². The lowest BCUT2D eigenvalue weighted by Gasteiger charge is -2.15. The van der Waals surface area contributed by atoms with E-state index in [1.54, 1.807) is 0 Å². The fourth-order valence-corrected chi connectivity index (χ4v) is 1.96. The Bertz CT molecular complexity index is 695. The van der Waals surface area contributed by atoms with Crippen LogP contribution in [-0.4, -0.2) is 24.5 Å². The van der Waals surface area contributed by atoms with Gasteiger partial charge >= 0.3 is 12.3 Å². The van der Waals surface area contributed by atoms with Gasteiger partial charge in [0, 0.05) is 11.1 Å². The molecule has 0 radical (unpaired) electrons. The van der Waals surface area contributed by atoms with E-state index >= 15 is 0 Å². The molecule has 2 aromatic rings. The minimum absolute atomic E-state index is 0.0103. The zero-order valence-corrected chi connectivity index (χ0v) is 11.3. The summed E-state index contributed by atoms with van der Waals surface area (Å²) in [4.78, 5) is 11.3. The van der Waals surface area contributed by atoms with Crippen molar-refractivity contribution in [3.8, 4) is 22.6 Å². The molecule has 4 nitrogen and oxygen atoms in total. The third-order valence-electron chi connectivity index (χ3n) is 2.86. The van der Waals surface area contributed by atoms with Crippen LogP contribution in [0.4, 0.5) is 13.2 Å². The molecular weight excluding hydrogens is 301 g/mol. The van der Waals surface area contributed by atoms with Crippen LogP contribution in [0.15, 0.2) is 42.5 Å². The fourth-order valence-electron chi connectivity index (χ4n) is 1.96. The number of rotatable bonds is 4. The Labute approximate surface area is 123 Å². The molecule has 0 aromatic heterocycles. The number of methoxy groups -OCH3 is 1. The Kier molecular flexibility index (Phi) is 4.25. The van der Waals surface area contributed by atoms with Crippen molar-refractivity contribution in [2.45, 2.75) is 6.36 Å². The molecule has 0 amide bonds. The molecule has 0 fully saturated rings. The number of carbonyl (C=O) groups is 1. The average Bonchev–Trinajstić information content (AvgIpc) is 2.45. The zero-order valence-electron chi connectivity index (χ0n) is 11.3. The van der Waals surface area contributed by atoms with Gasteiger partial charge in [-0.15, -0.1) is 13.2 Å². The summed E-state index contributed by atoms with van der Waals surface area (Å²) < 4.78 is 46.4. The Morgan fingerprint density at radius 2 is 1.77 bits per heavy atom. The van der Waals surface area contributed by atoms with Gasteiger partial charge in [0.05, 0.1) is 12.7 Å². The number of benzene rings is 2. The first-order valence-corrected chi connectivity index (χ1v) is 6.08. The fraction of sp³-hybridized carbons (Fsp3) is 0.133. The molecule has 0 saturated heterocycles. The molecule has 0 spiro atoms. The van der Waals surface area contributed by atoms with E-state index in [4.69, 9.17) is 4.74 Å². The van der Waals surface area contributed by atoms with E-state index in [2.05, 4.69) is 4.74 Å². The maximum atomic E-state index is 12.5. The van der Waals surface area contributed by atoms with Crippen molar-refractivity contribution in [2.24, 2.45) is 0 Å². The highest BCUT2D eigenvalue weighted by Gasteiger charge is 2.32. The van der Waals surface area contributed by atoms with Crippen LogP contribution < -0.4 is 9.47 Å². The van der Waals surface area contributed by atoms with Gasteiger partial charge in [0.1, 0.15) is 11.5 Å². The normalized spacial score (nSPS) is 11.1. The molecule has 1 N–H and O–H groups in total. The summed E-state index contributed by atoms with van der Waals surface area (Å²) in [5, 5.41) is 9.21. The second-order valence-corrected chi connectivity index (χ2v) is 4.26. The predicted octanol–water partition coefficient (Wildman–Crippen LogP) is 3.96. The van der Waals surface area contributed by atoms with E-state index in [1.807, 2.05) is 0 Å². The van der Waals surface area contributed by atoms with Gasteiger partial charge < -0.3 is 14.6 Å². The van der Waals surface area contributed by atoms with E-state index in [9.17, 15) is 23.1 Å². The van der Waals surface area contributed by atoms with E-state index < -0.39 is 18.1 Å². The first kappa shape index (κ1) is 15.7. The average molecular weight is 312 g/mol. The second-order valence-electron chi connectivity index (χ2n) is 4.26. The molecular formula is C15H11F3O4. The molecule has 0 bridgehead atoms. The maximum Gasteiger partial charge on any atom is 0.573 e. The summed E-state index contributed by atoms with van der Waals surface area (Å²) in [6.45, 7) is 0. The zero-order chi connectivity index (χ0) is 16.3. The van der Waals surface area contributed by atoms with Crippen molar-refractivity contribution in [1.29, 1.82) is 0 Å². The number of alkyl halides is 3. The number of hydrogen-bond donors (Lipinski definition) is 1. The number of halogens is 3. The molecule has 0 aliphatic rings. The van der Waals surface area contributed by atoms with Crippen molar-refractivity contribution in [3.05, 3.63) is 48.0 Å². The van der Waals surface area contributed by atoms with Gasteiger partial charge in [0.2, 0.25) is 0 Å². The lowest BCUT2D eigenvalue weighted by molar-refractivity contribution is -0.274. The van der Waals surface area contributed by atoms with Crippen molar-refractivity contribution in [2.75, 3.05) is 7.11 Å².